The highest BCUT2D eigenvalue weighted by Gasteiger charge is 2.14. The van der Waals surface area contributed by atoms with Gasteiger partial charge in [0.15, 0.2) is 16.7 Å². The molecule has 0 spiro atoms. The van der Waals surface area contributed by atoms with Gasteiger partial charge in [-0.2, -0.15) is 8.78 Å². The summed E-state index contributed by atoms with van der Waals surface area (Å²) in [6.45, 7) is -2.94. The van der Waals surface area contributed by atoms with Gasteiger partial charge in [-0.05, 0) is 12.1 Å². The summed E-state index contributed by atoms with van der Waals surface area (Å²) in [4.78, 5) is 8.42. The number of imidazole rings is 1. The van der Waals surface area contributed by atoms with Crippen LogP contribution in [0.1, 0.15) is 5.69 Å². The number of halogens is 2. The smallest absolute Gasteiger partial charge is 0.387 e. The van der Waals surface area contributed by atoms with Crippen molar-refractivity contribution in [3.05, 3.63) is 41.4 Å². The molecule has 0 amide bonds. The molecule has 1 aromatic carbocycles. The van der Waals surface area contributed by atoms with Crippen molar-refractivity contribution in [2.24, 2.45) is 0 Å². The van der Waals surface area contributed by atoms with E-state index >= 15 is 0 Å². The van der Waals surface area contributed by atoms with E-state index < -0.39 is 6.61 Å². The molecule has 3 rings (SSSR count). The molecule has 3 aromatic rings. The zero-order chi connectivity index (χ0) is 18.7. The van der Waals surface area contributed by atoms with E-state index in [-0.39, 0.29) is 21.9 Å². The van der Waals surface area contributed by atoms with Crippen LogP contribution in [0.2, 0.25) is 0 Å². The highest BCUT2D eigenvalue weighted by molar-refractivity contribution is 7.98. The summed E-state index contributed by atoms with van der Waals surface area (Å²) in [5.74, 6) is 1.26. The van der Waals surface area contributed by atoms with E-state index in [1.54, 1.807) is 12.3 Å². The summed E-state index contributed by atoms with van der Waals surface area (Å²) in [5, 5.41) is 12.5. The van der Waals surface area contributed by atoms with Crippen LogP contribution in [-0.2, 0) is 5.75 Å². The van der Waals surface area contributed by atoms with Crippen molar-refractivity contribution in [3.63, 3.8) is 0 Å². The van der Waals surface area contributed by atoms with Gasteiger partial charge in [0.2, 0.25) is 0 Å². The molecule has 2 heterocycles. The Morgan fingerprint density at radius 1 is 1.23 bits per heavy atom. The van der Waals surface area contributed by atoms with Gasteiger partial charge >= 0.3 is 6.61 Å². The fourth-order valence-corrected chi connectivity index (χ4v) is 3.22. The number of aromatic nitrogens is 3. The summed E-state index contributed by atoms with van der Waals surface area (Å²) >= 11 is 1.15. The van der Waals surface area contributed by atoms with Gasteiger partial charge in [-0.15, -0.1) is 0 Å². The van der Waals surface area contributed by atoms with Crippen molar-refractivity contribution >= 4 is 22.8 Å². The Labute approximate surface area is 151 Å². The molecule has 0 fully saturated rings. The van der Waals surface area contributed by atoms with E-state index in [0.29, 0.717) is 27.7 Å². The maximum absolute atomic E-state index is 12.3. The molecule has 0 unspecified atom stereocenters. The second-order valence-electron chi connectivity index (χ2n) is 5.00. The number of nitrogens with zero attached hydrogens (tertiary/aromatic N) is 3. The molecular weight excluding hydrogens is 368 g/mol. The molecule has 0 radical (unpaired) electrons. The largest absolute Gasteiger partial charge is 0.804 e. The number of methoxy groups -OCH3 is 2. The van der Waals surface area contributed by atoms with Gasteiger partial charge in [-0.1, -0.05) is 11.8 Å². The summed E-state index contributed by atoms with van der Waals surface area (Å²) < 4.78 is 40.1. The first kappa shape index (κ1) is 18.1. The van der Waals surface area contributed by atoms with E-state index in [9.17, 15) is 14.0 Å². The Hall–Kier alpha value is -2.75. The second-order valence-corrected chi connectivity index (χ2v) is 5.94. The Kier molecular flexibility index (Phi) is 5.31. The van der Waals surface area contributed by atoms with Crippen LogP contribution in [0.25, 0.3) is 11.0 Å². The first-order chi connectivity index (χ1) is 12.5. The standard InChI is InChI=1S/C16H14F2N3O4S/c1-23-13-5-6-19-11(14(13)24-2)8-26-16-20-10-7-9(25-15(17)18)3-4-12(10)21(16)22/h3-7,15H,8H2,1-2H3/q-1. The Balaban J connectivity index is 1.84. The van der Waals surface area contributed by atoms with Gasteiger partial charge in [0.05, 0.1) is 30.9 Å². The van der Waals surface area contributed by atoms with Crippen molar-refractivity contribution in [3.8, 4) is 17.2 Å². The van der Waals surface area contributed by atoms with E-state index in [1.165, 1.54) is 32.4 Å². The molecule has 0 aliphatic carbocycles. The van der Waals surface area contributed by atoms with Crippen LogP contribution >= 0.6 is 11.8 Å². The average Bonchev–Trinajstić information content (AvgIpc) is 2.94. The SMILES string of the molecule is COc1ccnc(CSc2nc3cc(OC(F)F)ccc3n2[O-])c1OC. The lowest BCUT2D eigenvalue weighted by Crippen LogP contribution is -2.01. The summed E-state index contributed by atoms with van der Waals surface area (Å²) in [6, 6.07) is 5.65. The molecule has 0 saturated carbocycles. The molecule has 0 atom stereocenters. The highest BCUT2D eigenvalue weighted by Crippen LogP contribution is 2.34. The average molecular weight is 382 g/mol. The number of hydrogen-bond donors (Lipinski definition) is 0. The lowest BCUT2D eigenvalue weighted by Gasteiger charge is -2.13. The maximum atomic E-state index is 12.3. The molecule has 0 aliphatic rings. The van der Waals surface area contributed by atoms with Crippen LogP contribution in [0.4, 0.5) is 8.78 Å². The lowest BCUT2D eigenvalue weighted by atomic mass is 10.3. The van der Waals surface area contributed by atoms with Crippen molar-refractivity contribution in [1.29, 1.82) is 0 Å². The number of hydrogen-bond acceptors (Lipinski definition) is 7. The van der Waals surface area contributed by atoms with Gasteiger partial charge < -0.3 is 24.1 Å². The minimum Gasteiger partial charge on any atom is -0.804 e. The minimum atomic E-state index is -2.94. The van der Waals surface area contributed by atoms with Crippen LogP contribution in [0.15, 0.2) is 35.6 Å². The number of alkyl halides is 2. The molecule has 0 saturated heterocycles. The fourth-order valence-electron chi connectivity index (χ4n) is 2.37. The van der Waals surface area contributed by atoms with Crippen molar-refractivity contribution in [2.75, 3.05) is 14.2 Å². The number of ether oxygens (including phenoxy) is 3. The molecule has 7 nitrogen and oxygen atoms in total. The van der Waals surface area contributed by atoms with Crippen molar-refractivity contribution < 1.29 is 23.0 Å². The number of thioether (sulfide) groups is 1. The number of benzene rings is 1. The third-order valence-corrected chi connectivity index (χ3v) is 4.42. The third kappa shape index (κ3) is 3.59. The van der Waals surface area contributed by atoms with Gasteiger partial charge in [-0.25, -0.2) is 4.98 Å². The second kappa shape index (κ2) is 7.65. The molecule has 10 heteroatoms. The van der Waals surface area contributed by atoms with E-state index in [2.05, 4.69) is 14.7 Å². The topological polar surface area (TPSA) is 81.5 Å². The van der Waals surface area contributed by atoms with Crippen LogP contribution in [-0.4, -0.2) is 35.5 Å². The number of fused-ring (bicyclic) bond motifs is 1. The maximum Gasteiger partial charge on any atom is 0.387 e. The zero-order valence-electron chi connectivity index (χ0n) is 13.8. The van der Waals surface area contributed by atoms with Crippen molar-refractivity contribution in [1.82, 2.24) is 14.7 Å². The number of pyridine rings is 1. The molecule has 0 N–H and O–H groups in total. The van der Waals surface area contributed by atoms with E-state index in [1.807, 2.05) is 0 Å². The zero-order valence-corrected chi connectivity index (χ0v) is 14.6. The van der Waals surface area contributed by atoms with Crippen LogP contribution in [0, 0.1) is 5.21 Å². The Morgan fingerprint density at radius 2 is 2.04 bits per heavy atom. The molecule has 2 aromatic heterocycles. The van der Waals surface area contributed by atoms with Gasteiger partial charge in [0.1, 0.15) is 5.75 Å². The normalized spacial score (nSPS) is 11.1. The van der Waals surface area contributed by atoms with Crippen molar-refractivity contribution in [2.45, 2.75) is 17.5 Å². The van der Waals surface area contributed by atoms with Crippen LogP contribution < -0.4 is 14.2 Å². The predicted molar refractivity (Wildman–Crippen MR) is 92.0 cm³/mol. The minimum absolute atomic E-state index is 0.0571. The molecule has 138 valence electrons. The third-order valence-electron chi connectivity index (χ3n) is 3.48. The van der Waals surface area contributed by atoms with Gasteiger partial charge in [0, 0.05) is 24.1 Å². The molecule has 0 bridgehead atoms. The monoisotopic (exact) mass is 382 g/mol. The Bertz CT molecular complexity index is 920. The summed E-state index contributed by atoms with van der Waals surface area (Å²) in [5.41, 5.74) is 1.12. The molecule has 26 heavy (non-hydrogen) atoms. The van der Waals surface area contributed by atoms with Gasteiger partial charge in [0.25, 0.3) is 0 Å². The number of rotatable bonds is 7. The van der Waals surface area contributed by atoms with Crippen LogP contribution in [0.3, 0.4) is 0 Å². The van der Waals surface area contributed by atoms with Crippen LogP contribution in [0.5, 0.6) is 17.2 Å². The highest BCUT2D eigenvalue weighted by atomic mass is 32.2. The molecule has 0 aliphatic heterocycles. The van der Waals surface area contributed by atoms with E-state index in [4.69, 9.17) is 9.47 Å². The van der Waals surface area contributed by atoms with Gasteiger partial charge in [-0.3, -0.25) is 4.98 Å². The molecular formula is C16H14F2N3O4S-. The summed E-state index contributed by atoms with van der Waals surface area (Å²) in [7, 11) is 3.02. The first-order valence-electron chi connectivity index (χ1n) is 7.37. The quantitative estimate of drug-likeness (QED) is 0.577. The lowest BCUT2D eigenvalue weighted by molar-refractivity contribution is -0.0497. The predicted octanol–water partition coefficient (Wildman–Crippen LogP) is 3.69. The van der Waals surface area contributed by atoms with E-state index in [0.717, 1.165) is 11.8 Å². The Morgan fingerprint density at radius 3 is 2.73 bits per heavy atom. The summed E-state index contributed by atoms with van der Waals surface area (Å²) in [6.07, 6.45) is 1.57. The first-order valence-corrected chi connectivity index (χ1v) is 8.35. The fraction of sp³-hybridized carbons (Fsp3) is 0.250.